The zero-order valence-corrected chi connectivity index (χ0v) is 28.8. The minimum atomic E-state index is -1.23. The molecule has 4 heterocycles. The topological polar surface area (TPSA) is 156 Å². The Balaban J connectivity index is 1.28. The van der Waals surface area contributed by atoms with Crippen molar-refractivity contribution in [2.75, 3.05) is 26.2 Å². The number of likely N-dealkylation sites (tertiary alicyclic amines) is 1. The number of benzene rings is 2. The minimum Gasteiger partial charge on any atom is -0.455 e. The maximum Gasteiger partial charge on any atom is 0.313 e. The molecule has 6 rings (SSSR count). The molecular weight excluding hydrogens is 652 g/mol. The van der Waals surface area contributed by atoms with Crippen LogP contribution in [0.4, 0.5) is 0 Å². The monoisotopic (exact) mass is 698 g/mol. The summed E-state index contributed by atoms with van der Waals surface area (Å²) in [5.41, 5.74) is 0.910. The SMILES string of the molecule is C=CCCC(=O)NC[C@@H](OC(=O)[C@@H]1[C@H]2C(=O)N(CCCCCO)[C@H](C(=O)N(CC=C)Cn3nnc4ccccc43)[C@]23CC[C@H]1O3)c1ccccc1. The highest BCUT2D eigenvalue weighted by molar-refractivity contribution is 5.98. The van der Waals surface area contributed by atoms with Crippen molar-refractivity contribution >= 4 is 34.7 Å². The molecule has 3 fully saturated rings. The number of esters is 1. The summed E-state index contributed by atoms with van der Waals surface area (Å²) in [5.74, 6) is -3.29. The first-order valence-corrected chi connectivity index (χ1v) is 17.7. The van der Waals surface area contributed by atoms with Gasteiger partial charge in [0, 0.05) is 26.1 Å². The number of carbonyl (C=O) groups excluding carboxylic acids is 4. The van der Waals surface area contributed by atoms with E-state index in [2.05, 4.69) is 28.8 Å². The molecule has 1 aromatic heterocycles. The Kier molecular flexibility index (Phi) is 11.3. The molecule has 1 spiro atoms. The van der Waals surface area contributed by atoms with E-state index >= 15 is 0 Å². The van der Waals surface area contributed by atoms with Crippen molar-refractivity contribution < 1.29 is 33.8 Å². The van der Waals surface area contributed by atoms with E-state index in [9.17, 15) is 24.3 Å². The van der Waals surface area contributed by atoms with Crippen LogP contribution in [0.15, 0.2) is 79.9 Å². The van der Waals surface area contributed by atoms with Crippen molar-refractivity contribution in [3.63, 3.8) is 0 Å². The number of nitrogens with one attached hydrogen (secondary N) is 1. The fourth-order valence-electron chi connectivity index (χ4n) is 7.88. The van der Waals surface area contributed by atoms with Crippen LogP contribution in [0, 0.1) is 11.8 Å². The molecule has 3 saturated heterocycles. The lowest BCUT2D eigenvalue weighted by molar-refractivity contribution is -0.160. The molecule has 0 aliphatic carbocycles. The smallest absolute Gasteiger partial charge is 0.313 e. The zero-order chi connectivity index (χ0) is 36.0. The lowest BCUT2D eigenvalue weighted by Crippen LogP contribution is -2.56. The van der Waals surface area contributed by atoms with E-state index in [-0.39, 0.29) is 57.1 Å². The maximum absolute atomic E-state index is 14.8. The van der Waals surface area contributed by atoms with Gasteiger partial charge in [-0.25, -0.2) is 4.68 Å². The number of hydrogen-bond donors (Lipinski definition) is 2. The van der Waals surface area contributed by atoms with Crippen LogP contribution in [0.1, 0.15) is 56.6 Å². The molecule has 13 nitrogen and oxygen atoms in total. The Labute approximate surface area is 297 Å². The largest absolute Gasteiger partial charge is 0.455 e. The van der Waals surface area contributed by atoms with Crippen molar-refractivity contribution in [2.45, 2.75) is 75.5 Å². The van der Waals surface area contributed by atoms with Crippen LogP contribution in [0.25, 0.3) is 11.0 Å². The minimum absolute atomic E-state index is 0.0256. The fourth-order valence-corrected chi connectivity index (χ4v) is 7.88. The predicted octanol–water partition coefficient (Wildman–Crippen LogP) is 3.31. The summed E-state index contributed by atoms with van der Waals surface area (Å²) in [5, 5.41) is 20.8. The third kappa shape index (κ3) is 7.18. The molecule has 6 atom stereocenters. The van der Waals surface area contributed by atoms with E-state index in [1.807, 2.05) is 54.6 Å². The molecule has 2 bridgehead atoms. The molecule has 0 saturated carbocycles. The predicted molar refractivity (Wildman–Crippen MR) is 187 cm³/mol. The summed E-state index contributed by atoms with van der Waals surface area (Å²) in [4.78, 5) is 59.1. The standard InChI is InChI=1S/C38H46N6O7/c1-3-5-18-31(46)39-24-30(26-14-8-6-9-15-26)50-37(49)32-29-19-20-38(51-29)33(32)35(47)43(22-12-7-13-23-45)34(38)36(48)42(21-4-2)25-44-28-17-11-10-16-27(28)40-41-44/h3-4,6,8-11,14-17,29-30,32-34,45H,1-2,5,7,12-13,18-25H2,(H,39,46)/t29-,30-,32+,33+,34-,38+/m1/s1. The van der Waals surface area contributed by atoms with Crippen LogP contribution in [-0.2, 0) is 35.3 Å². The van der Waals surface area contributed by atoms with Gasteiger partial charge >= 0.3 is 5.97 Å². The number of amides is 3. The number of carbonyl (C=O) groups is 4. The Morgan fingerprint density at radius 1 is 1.10 bits per heavy atom. The number of aliphatic hydroxyl groups excluding tert-OH is 1. The number of fused-ring (bicyclic) bond motifs is 2. The van der Waals surface area contributed by atoms with Gasteiger partial charge in [-0.1, -0.05) is 59.8 Å². The molecule has 0 unspecified atom stereocenters. The molecule has 3 aromatic rings. The second-order valence-electron chi connectivity index (χ2n) is 13.4. The number of aliphatic hydroxyl groups is 1. The summed E-state index contributed by atoms with van der Waals surface area (Å²) in [7, 11) is 0. The number of hydrogen-bond acceptors (Lipinski definition) is 9. The first-order valence-electron chi connectivity index (χ1n) is 17.7. The number of allylic oxidation sites excluding steroid dienone is 1. The molecule has 2 aromatic carbocycles. The van der Waals surface area contributed by atoms with Crippen LogP contribution in [0.2, 0.25) is 0 Å². The number of rotatable bonds is 18. The van der Waals surface area contributed by atoms with Crippen molar-refractivity contribution in [1.29, 1.82) is 0 Å². The fraction of sp³-hybridized carbons (Fsp3) is 0.474. The number of para-hydroxylation sites is 1. The van der Waals surface area contributed by atoms with Gasteiger partial charge in [-0.3, -0.25) is 19.2 Å². The normalized spacial score (nSPS) is 23.9. The summed E-state index contributed by atoms with van der Waals surface area (Å²) in [6.45, 7) is 8.14. The van der Waals surface area contributed by atoms with E-state index in [0.29, 0.717) is 49.6 Å². The first-order chi connectivity index (χ1) is 24.8. The zero-order valence-electron chi connectivity index (χ0n) is 28.8. The van der Waals surface area contributed by atoms with Crippen molar-refractivity contribution in [2.24, 2.45) is 11.8 Å². The molecular formula is C38H46N6O7. The molecule has 2 N–H and O–H groups in total. The summed E-state index contributed by atoms with van der Waals surface area (Å²) in [6, 6.07) is 15.6. The van der Waals surface area contributed by atoms with Crippen LogP contribution in [0.5, 0.6) is 0 Å². The van der Waals surface area contributed by atoms with E-state index in [0.717, 1.165) is 5.52 Å². The molecule has 0 radical (unpaired) electrons. The Bertz CT molecular complexity index is 1750. The van der Waals surface area contributed by atoms with E-state index < -0.39 is 41.7 Å². The summed E-state index contributed by atoms with van der Waals surface area (Å²) < 4.78 is 14.4. The van der Waals surface area contributed by atoms with Gasteiger partial charge in [-0.15, -0.1) is 18.3 Å². The lowest BCUT2D eigenvalue weighted by Gasteiger charge is -2.36. The maximum atomic E-state index is 14.8. The molecule has 270 valence electrons. The van der Waals surface area contributed by atoms with Crippen LogP contribution < -0.4 is 5.32 Å². The van der Waals surface area contributed by atoms with E-state index in [1.54, 1.807) is 26.6 Å². The quantitative estimate of drug-likeness (QED) is 0.116. The number of aromatic nitrogens is 3. The summed E-state index contributed by atoms with van der Waals surface area (Å²) in [6.07, 6.45) is 5.36. The molecule has 3 aliphatic rings. The lowest BCUT2D eigenvalue weighted by atomic mass is 9.70. The van der Waals surface area contributed by atoms with Gasteiger partial charge in [0.05, 0.1) is 30.0 Å². The third-order valence-corrected chi connectivity index (χ3v) is 10.2. The van der Waals surface area contributed by atoms with Crippen molar-refractivity contribution in [3.05, 3.63) is 85.5 Å². The van der Waals surface area contributed by atoms with Crippen LogP contribution in [-0.4, -0.2) is 97.6 Å². The molecule has 3 aliphatic heterocycles. The highest BCUT2D eigenvalue weighted by atomic mass is 16.6. The number of unbranched alkanes of at least 4 members (excludes halogenated alkanes) is 2. The second-order valence-corrected chi connectivity index (χ2v) is 13.4. The average Bonchev–Trinajstić information content (AvgIpc) is 3.90. The first kappa shape index (κ1) is 35.9. The third-order valence-electron chi connectivity index (χ3n) is 10.2. The van der Waals surface area contributed by atoms with Crippen LogP contribution in [0.3, 0.4) is 0 Å². The van der Waals surface area contributed by atoms with Gasteiger partial charge in [0.15, 0.2) is 0 Å². The van der Waals surface area contributed by atoms with Crippen molar-refractivity contribution in [3.8, 4) is 0 Å². The van der Waals surface area contributed by atoms with Crippen LogP contribution >= 0.6 is 0 Å². The second kappa shape index (κ2) is 16.0. The highest BCUT2D eigenvalue weighted by Crippen LogP contribution is 2.59. The Morgan fingerprint density at radius 2 is 1.88 bits per heavy atom. The van der Waals surface area contributed by atoms with E-state index in [1.165, 1.54) is 0 Å². The van der Waals surface area contributed by atoms with Gasteiger partial charge in [0.25, 0.3) is 0 Å². The number of ether oxygens (including phenoxy) is 2. The highest BCUT2D eigenvalue weighted by Gasteiger charge is 2.75. The van der Waals surface area contributed by atoms with Gasteiger partial charge in [-0.2, -0.15) is 0 Å². The Morgan fingerprint density at radius 3 is 2.65 bits per heavy atom. The van der Waals surface area contributed by atoms with Crippen molar-refractivity contribution in [1.82, 2.24) is 30.1 Å². The van der Waals surface area contributed by atoms with E-state index in [4.69, 9.17) is 9.47 Å². The number of nitrogens with zero attached hydrogens (tertiary/aromatic N) is 5. The average molecular weight is 699 g/mol. The van der Waals surface area contributed by atoms with Gasteiger partial charge in [0.2, 0.25) is 17.7 Å². The molecule has 3 amide bonds. The van der Waals surface area contributed by atoms with Gasteiger partial charge < -0.3 is 29.7 Å². The summed E-state index contributed by atoms with van der Waals surface area (Å²) >= 11 is 0. The molecule has 13 heteroatoms. The molecule has 51 heavy (non-hydrogen) atoms. The van der Waals surface area contributed by atoms with Gasteiger partial charge in [-0.05, 0) is 56.2 Å². The Hall–Kier alpha value is -4.88. The van der Waals surface area contributed by atoms with Gasteiger partial charge in [0.1, 0.15) is 29.9 Å².